The van der Waals surface area contributed by atoms with E-state index in [0.29, 0.717) is 30.1 Å². The van der Waals surface area contributed by atoms with Crippen molar-refractivity contribution in [3.63, 3.8) is 0 Å². The largest absolute Gasteiger partial charge is 0.497 e. The molecule has 9 heteroatoms. The summed E-state index contributed by atoms with van der Waals surface area (Å²) in [5.41, 5.74) is 2.41. The number of hydrogen-bond donors (Lipinski definition) is 3. The highest BCUT2D eigenvalue weighted by Gasteiger charge is 2.46. The molecule has 0 spiro atoms. The number of piperazine rings is 1. The van der Waals surface area contributed by atoms with Crippen LogP contribution in [-0.2, 0) is 16.0 Å². The number of fused-ring (bicyclic) bond motifs is 1. The average Bonchev–Trinajstić information content (AvgIpc) is 3.19. The number of urea groups is 1. The van der Waals surface area contributed by atoms with Gasteiger partial charge in [0.05, 0.1) is 13.2 Å². The molecule has 8 nitrogen and oxygen atoms in total. The van der Waals surface area contributed by atoms with Crippen LogP contribution in [0.2, 0.25) is 5.02 Å². The van der Waals surface area contributed by atoms with Crippen LogP contribution in [0, 0.1) is 6.92 Å². The number of benzene rings is 2. The minimum Gasteiger partial charge on any atom is -0.497 e. The predicted octanol–water partition coefficient (Wildman–Crippen LogP) is 2.49. The van der Waals surface area contributed by atoms with Crippen molar-refractivity contribution in [2.45, 2.75) is 37.9 Å². The van der Waals surface area contributed by atoms with Crippen molar-refractivity contribution in [3.8, 4) is 5.75 Å². The van der Waals surface area contributed by atoms with E-state index in [4.69, 9.17) is 16.3 Å². The number of carbonyl (C=O) groups is 3. The fourth-order valence-electron chi connectivity index (χ4n) is 4.21. The van der Waals surface area contributed by atoms with Crippen molar-refractivity contribution < 1.29 is 19.1 Å². The molecule has 2 aliphatic rings. The van der Waals surface area contributed by atoms with Crippen LogP contribution in [-0.4, -0.2) is 54.5 Å². The number of amides is 4. The molecule has 3 atom stereocenters. The molecule has 0 unspecified atom stereocenters. The minimum atomic E-state index is -0.628. The number of halogens is 1. The molecule has 3 N–H and O–H groups in total. The Morgan fingerprint density at radius 3 is 2.66 bits per heavy atom. The molecule has 2 heterocycles. The van der Waals surface area contributed by atoms with Gasteiger partial charge < -0.3 is 25.6 Å². The second-order valence-electron chi connectivity index (χ2n) is 8.11. The Hall–Kier alpha value is -3.26. The second kappa shape index (κ2) is 9.08. The van der Waals surface area contributed by atoms with Crippen molar-refractivity contribution >= 4 is 35.1 Å². The van der Waals surface area contributed by atoms with Crippen LogP contribution in [0.3, 0.4) is 0 Å². The van der Waals surface area contributed by atoms with Crippen LogP contribution in [0.25, 0.3) is 0 Å². The minimum absolute atomic E-state index is 0.135. The summed E-state index contributed by atoms with van der Waals surface area (Å²) in [5, 5.41) is 9.10. The van der Waals surface area contributed by atoms with Crippen LogP contribution in [0.15, 0.2) is 42.5 Å². The van der Waals surface area contributed by atoms with E-state index in [-0.39, 0.29) is 23.9 Å². The summed E-state index contributed by atoms with van der Waals surface area (Å²) in [4.78, 5) is 39.7. The Morgan fingerprint density at radius 2 is 1.97 bits per heavy atom. The second-order valence-corrected chi connectivity index (χ2v) is 8.55. The standard InChI is InChI=1S/C23H25ClN4O4/c1-13-9-15(24)5-8-18(13)27-23(31)25-16-11-20-21(29)26-19(22(30)28(20)12-16)10-14-3-6-17(32-2)7-4-14/h3-9,16,19-20H,10-12H2,1-2H3,(H,26,29)(H2,25,27,31)/t16-,19-,20-/m0/s1. The van der Waals surface area contributed by atoms with Crippen LogP contribution in [0.4, 0.5) is 10.5 Å². The van der Waals surface area contributed by atoms with Gasteiger partial charge in [-0.25, -0.2) is 4.79 Å². The van der Waals surface area contributed by atoms with Gasteiger partial charge in [-0.1, -0.05) is 23.7 Å². The van der Waals surface area contributed by atoms with E-state index in [1.165, 1.54) is 0 Å². The molecule has 0 bridgehead atoms. The molecule has 2 saturated heterocycles. The Bertz CT molecular complexity index is 1040. The summed E-state index contributed by atoms with van der Waals surface area (Å²) in [6.07, 6.45) is 0.770. The van der Waals surface area contributed by atoms with Gasteiger partial charge in [-0.2, -0.15) is 0 Å². The molecule has 4 amide bonds. The summed E-state index contributed by atoms with van der Waals surface area (Å²) in [5.74, 6) is 0.401. The molecule has 0 aromatic heterocycles. The van der Waals surface area contributed by atoms with Crippen molar-refractivity contribution in [1.82, 2.24) is 15.5 Å². The monoisotopic (exact) mass is 456 g/mol. The number of aryl methyl sites for hydroxylation is 1. The molecule has 0 aliphatic carbocycles. The van der Waals surface area contributed by atoms with Crippen LogP contribution in [0.5, 0.6) is 5.75 Å². The van der Waals surface area contributed by atoms with Gasteiger partial charge in [0.25, 0.3) is 0 Å². The van der Waals surface area contributed by atoms with Crippen LogP contribution < -0.4 is 20.7 Å². The average molecular weight is 457 g/mol. The Kier molecular flexibility index (Phi) is 6.23. The maximum atomic E-state index is 13.0. The highest BCUT2D eigenvalue weighted by Crippen LogP contribution is 2.25. The van der Waals surface area contributed by atoms with Gasteiger partial charge in [-0.3, -0.25) is 9.59 Å². The molecule has 4 rings (SSSR count). The van der Waals surface area contributed by atoms with E-state index in [9.17, 15) is 14.4 Å². The van der Waals surface area contributed by atoms with Gasteiger partial charge in [0.1, 0.15) is 17.8 Å². The fourth-order valence-corrected chi connectivity index (χ4v) is 4.44. The lowest BCUT2D eigenvalue weighted by Crippen LogP contribution is -2.61. The Balaban J connectivity index is 1.37. The van der Waals surface area contributed by atoms with Crippen molar-refractivity contribution in [1.29, 1.82) is 0 Å². The zero-order valence-corrected chi connectivity index (χ0v) is 18.6. The molecule has 168 valence electrons. The lowest BCUT2D eigenvalue weighted by atomic mass is 10.0. The molecular formula is C23H25ClN4O4. The lowest BCUT2D eigenvalue weighted by Gasteiger charge is -2.34. The summed E-state index contributed by atoms with van der Waals surface area (Å²) in [6.45, 7) is 2.15. The summed E-state index contributed by atoms with van der Waals surface area (Å²) < 4.78 is 5.16. The van der Waals surface area contributed by atoms with Crippen molar-refractivity contribution in [2.24, 2.45) is 0 Å². The SMILES string of the molecule is COc1ccc(C[C@@H]2NC(=O)[C@@H]3C[C@H](NC(=O)Nc4ccc(Cl)cc4C)CN3C2=O)cc1. The smallest absolute Gasteiger partial charge is 0.319 e. The van der Waals surface area contributed by atoms with Gasteiger partial charge in [0.2, 0.25) is 11.8 Å². The Morgan fingerprint density at radius 1 is 1.22 bits per heavy atom. The molecule has 2 fully saturated rings. The van der Waals surface area contributed by atoms with Gasteiger partial charge in [-0.15, -0.1) is 0 Å². The number of methoxy groups -OCH3 is 1. The first-order chi connectivity index (χ1) is 15.3. The van der Waals surface area contributed by atoms with Gasteiger partial charge in [-0.05, 0) is 54.8 Å². The van der Waals surface area contributed by atoms with E-state index >= 15 is 0 Å². The number of nitrogens with zero attached hydrogens (tertiary/aromatic N) is 1. The number of rotatable bonds is 5. The third-order valence-electron chi connectivity index (χ3n) is 5.87. The van der Waals surface area contributed by atoms with Gasteiger partial charge in [0, 0.05) is 23.7 Å². The van der Waals surface area contributed by atoms with Crippen molar-refractivity contribution in [2.75, 3.05) is 19.0 Å². The Labute approximate surface area is 191 Å². The third kappa shape index (κ3) is 4.65. The number of nitrogens with one attached hydrogen (secondary N) is 3. The number of ether oxygens (including phenoxy) is 1. The zero-order chi connectivity index (χ0) is 22.8. The fraction of sp³-hybridized carbons (Fsp3) is 0.348. The predicted molar refractivity (Wildman–Crippen MR) is 121 cm³/mol. The topological polar surface area (TPSA) is 99.8 Å². The molecule has 2 aromatic carbocycles. The lowest BCUT2D eigenvalue weighted by molar-refractivity contribution is -0.147. The molecule has 0 saturated carbocycles. The van der Waals surface area contributed by atoms with E-state index in [2.05, 4.69) is 16.0 Å². The zero-order valence-electron chi connectivity index (χ0n) is 17.9. The summed E-state index contributed by atoms with van der Waals surface area (Å²) >= 11 is 5.96. The summed E-state index contributed by atoms with van der Waals surface area (Å²) in [6, 6.07) is 10.7. The molecule has 32 heavy (non-hydrogen) atoms. The van der Waals surface area contributed by atoms with E-state index < -0.39 is 12.1 Å². The molecular weight excluding hydrogens is 432 g/mol. The molecule has 2 aromatic rings. The van der Waals surface area contributed by atoms with Crippen molar-refractivity contribution in [3.05, 3.63) is 58.6 Å². The first-order valence-electron chi connectivity index (χ1n) is 10.4. The maximum absolute atomic E-state index is 13.0. The maximum Gasteiger partial charge on any atom is 0.319 e. The number of carbonyl (C=O) groups excluding carboxylic acids is 3. The number of hydrogen-bond acceptors (Lipinski definition) is 4. The first kappa shape index (κ1) is 22.0. The quantitative estimate of drug-likeness (QED) is 0.643. The summed E-state index contributed by atoms with van der Waals surface area (Å²) in [7, 11) is 1.59. The van der Waals surface area contributed by atoms with E-state index in [0.717, 1.165) is 16.9 Å². The van der Waals surface area contributed by atoms with Gasteiger partial charge >= 0.3 is 6.03 Å². The highest BCUT2D eigenvalue weighted by molar-refractivity contribution is 6.30. The number of anilines is 1. The molecule has 2 aliphatic heterocycles. The third-order valence-corrected chi connectivity index (χ3v) is 6.11. The van der Waals surface area contributed by atoms with Gasteiger partial charge in [0.15, 0.2) is 0 Å². The van der Waals surface area contributed by atoms with E-state index in [1.807, 2.05) is 31.2 Å². The van der Waals surface area contributed by atoms with Crippen LogP contribution in [0.1, 0.15) is 17.5 Å². The van der Waals surface area contributed by atoms with E-state index in [1.54, 1.807) is 30.2 Å². The normalized spacial score (nSPS) is 22.2. The highest BCUT2D eigenvalue weighted by atomic mass is 35.5. The molecule has 0 radical (unpaired) electrons. The van der Waals surface area contributed by atoms with Crippen LogP contribution >= 0.6 is 11.6 Å². The first-order valence-corrected chi connectivity index (χ1v) is 10.8.